The molecule has 0 radical (unpaired) electrons. The van der Waals surface area contributed by atoms with Gasteiger partial charge in [-0.2, -0.15) is 0 Å². The van der Waals surface area contributed by atoms with E-state index < -0.39 is 0 Å². The molecule has 3 aromatic carbocycles. The fraction of sp³-hybridized carbons (Fsp3) is 0.143. The van der Waals surface area contributed by atoms with Gasteiger partial charge in [-0.25, -0.2) is 0 Å². The molecule has 0 bridgehead atoms. The molecule has 1 aromatic heterocycles. The van der Waals surface area contributed by atoms with Crippen molar-refractivity contribution < 1.29 is 0 Å². The molecule has 0 aliphatic heterocycles. The molecule has 23 heavy (non-hydrogen) atoms. The van der Waals surface area contributed by atoms with Crippen molar-refractivity contribution in [3.63, 3.8) is 0 Å². The summed E-state index contributed by atoms with van der Waals surface area (Å²) in [4.78, 5) is 0. The Balaban J connectivity index is 1.96. The van der Waals surface area contributed by atoms with E-state index in [0.717, 1.165) is 5.02 Å². The average Bonchev–Trinajstić information content (AvgIpc) is 3.01. The molecule has 112 valence electrons. The summed E-state index contributed by atoms with van der Waals surface area (Å²) < 4.78 is 2.78. The molecule has 0 fully saturated rings. The van der Waals surface area contributed by atoms with Gasteiger partial charge in [-0.05, 0) is 40.5 Å². The summed E-state index contributed by atoms with van der Waals surface area (Å²) in [5, 5.41) is 3.55. The Kier molecular flexibility index (Phi) is 2.58. The highest BCUT2D eigenvalue weighted by molar-refractivity contribution is 7.26. The Bertz CT molecular complexity index is 1100. The third-order valence-electron chi connectivity index (χ3n) is 5.12. The molecule has 0 nitrogen and oxygen atoms in total. The van der Waals surface area contributed by atoms with Gasteiger partial charge in [0, 0.05) is 30.6 Å². The Labute approximate surface area is 144 Å². The van der Waals surface area contributed by atoms with Crippen molar-refractivity contribution in [1.82, 2.24) is 0 Å². The zero-order valence-electron chi connectivity index (χ0n) is 13.0. The first kappa shape index (κ1) is 13.6. The molecule has 2 heteroatoms. The van der Waals surface area contributed by atoms with Gasteiger partial charge < -0.3 is 0 Å². The van der Waals surface area contributed by atoms with Gasteiger partial charge >= 0.3 is 0 Å². The lowest BCUT2D eigenvalue weighted by atomic mass is 9.82. The lowest BCUT2D eigenvalue weighted by molar-refractivity contribution is 0.667. The molecule has 5 rings (SSSR count). The number of hydrogen-bond acceptors (Lipinski definition) is 1. The third-order valence-corrected chi connectivity index (χ3v) is 6.56. The van der Waals surface area contributed by atoms with Crippen molar-refractivity contribution in [2.45, 2.75) is 19.3 Å². The van der Waals surface area contributed by atoms with Gasteiger partial charge in [-0.1, -0.05) is 61.8 Å². The summed E-state index contributed by atoms with van der Waals surface area (Å²) in [6, 6.07) is 19.6. The Morgan fingerprint density at radius 3 is 2.52 bits per heavy atom. The number of halogens is 1. The zero-order chi connectivity index (χ0) is 15.8. The van der Waals surface area contributed by atoms with Crippen molar-refractivity contribution in [3.8, 4) is 11.1 Å². The molecule has 0 saturated heterocycles. The predicted octanol–water partition coefficient (Wildman–Crippen LogP) is 7.01. The first-order chi connectivity index (χ1) is 11.1. The van der Waals surface area contributed by atoms with Crippen LogP contribution in [0.25, 0.3) is 31.3 Å². The summed E-state index contributed by atoms with van der Waals surface area (Å²) in [5.74, 6) is 0. The van der Waals surface area contributed by atoms with Gasteiger partial charge in [-0.3, -0.25) is 0 Å². The van der Waals surface area contributed by atoms with E-state index in [0.29, 0.717) is 0 Å². The minimum absolute atomic E-state index is 0.0179. The topological polar surface area (TPSA) is 0 Å². The monoisotopic (exact) mass is 334 g/mol. The maximum absolute atomic E-state index is 6.28. The van der Waals surface area contributed by atoms with Crippen molar-refractivity contribution in [2.24, 2.45) is 0 Å². The maximum atomic E-state index is 6.28. The Morgan fingerprint density at radius 1 is 0.870 bits per heavy atom. The highest BCUT2D eigenvalue weighted by Gasteiger charge is 2.37. The Hall–Kier alpha value is -1.83. The molecule has 4 aromatic rings. The fourth-order valence-electron chi connectivity index (χ4n) is 4.04. The van der Waals surface area contributed by atoms with Crippen LogP contribution in [0, 0.1) is 0 Å². The average molecular weight is 335 g/mol. The smallest absolute Gasteiger partial charge is 0.0409 e. The molecule has 0 spiro atoms. The van der Waals surface area contributed by atoms with Crippen LogP contribution in [-0.4, -0.2) is 0 Å². The molecule has 1 heterocycles. The molecule has 0 saturated carbocycles. The number of hydrogen-bond donors (Lipinski definition) is 0. The Morgan fingerprint density at radius 2 is 1.65 bits per heavy atom. The molecular formula is C21H15ClS. The third kappa shape index (κ3) is 1.67. The highest BCUT2D eigenvalue weighted by atomic mass is 35.5. The van der Waals surface area contributed by atoms with Crippen LogP contribution in [0.1, 0.15) is 25.0 Å². The summed E-state index contributed by atoms with van der Waals surface area (Å²) in [5.41, 5.74) is 5.46. The quantitative estimate of drug-likeness (QED) is 0.324. The van der Waals surface area contributed by atoms with Gasteiger partial charge in [-0.15, -0.1) is 11.3 Å². The second kappa shape index (κ2) is 4.37. The summed E-state index contributed by atoms with van der Waals surface area (Å²) >= 11 is 8.19. The maximum Gasteiger partial charge on any atom is 0.0409 e. The van der Waals surface area contributed by atoms with Crippen LogP contribution < -0.4 is 0 Å². The van der Waals surface area contributed by atoms with Crippen molar-refractivity contribution in [3.05, 3.63) is 70.7 Å². The molecule has 0 atom stereocenters. The van der Waals surface area contributed by atoms with E-state index in [1.165, 1.54) is 42.4 Å². The zero-order valence-corrected chi connectivity index (χ0v) is 14.6. The van der Waals surface area contributed by atoms with Crippen molar-refractivity contribution in [1.29, 1.82) is 0 Å². The van der Waals surface area contributed by atoms with Gasteiger partial charge in [0.2, 0.25) is 0 Å². The number of thiophene rings is 1. The van der Waals surface area contributed by atoms with Gasteiger partial charge in [0.15, 0.2) is 0 Å². The van der Waals surface area contributed by atoms with Gasteiger partial charge in [0.25, 0.3) is 0 Å². The van der Waals surface area contributed by atoms with Gasteiger partial charge in [0.05, 0.1) is 0 Å². The van der Waals surface area contributed by atoms with Crippen molar-refractivity contribution in [2.75, 3.05) is 0 Å². The van der Waals surface area contributed by atoms with Crippen LogP contribution >= 0.6 is 22.9 Å². The molecule has 1 aliphatic carbocycles. The molecule has 0 unspecified atom stereocenters. The molecular weight excluding hydrogens is 320 g/mol. The lowest BCUT2D eigenvalue weighted by Crippen LogP contribution is -2.15. The van der Waals surface area contributed by atoms with Crippen LogP contribution in [0.2, 0.25) is 5.02 Å². The summed E-state index contributed by atoms with van der Waals surface area (Å²) in [7, 11) is 0. The van der Waals surface area contributed by atoms with E-state index in [4.69, 9.17) is 11.6 Å². The standard InChI is InChI=1S/C21H15ClS/c1-21(2)17-11-12(22)7-8-13(17)15-9-10-16-14-5-3-4-6-18(14)23-20(16)19(15)21/h3-11H,1-2H3. The van der Waals surface area contributed by atoms with E-state index >= 15 is 0 Å². The van der Waals surface area contributed by atoms with Gasteiger partial charge in [0.1, 0.15) is 0 Å². The van der Waals surface area contributed by atoms with E-state index in [1.807, 2.05) is 17.4 Å². The van der Waals surface area contributed by atoms with Crippen LogP contribution in [-0.2, 0) is 5.41 Å². The van der Waals surface area contributed by atoms with Crippen LogP contribution in [0.5, 0.6) is 0 Å². The molecule has 0 amide bonds. The lowest BCUT2D eigenvalue weighted by Gasteiger charge is -2.22. The van der Waals surface area contributed by atoms with Crippen LogP contribution in [0.3, 0.4) is 0 Å². The SMILES string of the molecule is CC1(C)c2cc(Cl)ccc2-c2ccc3c(sc4ccccc43)c21. The highest BCUT2D eigenvalue weighted by Crippen LogP contribution is 2.54. The second-order valence-corrected chi connectivity index (χ2v) is 8.27. The van der Waals surface area contributed by atoms with E-state index in [2.05, 4.69) is 62.4 Å². The normalized spacial score (nSPS) is 15.1. The van der Waals surface area contributed by atoms with Crippen LogP contribution in [0.4, 0.5) is 0 Å². The van der Waals surface area contributed by atoms with E-state index in [1.54, 1.807) is 0 Å². The second-order valence-electron chi connectivity index (χ2n) is 6.78. The predicted molar refractivity (Wildman–Crippen MR) is 102 cm³/mol. The number of rotatable bonds is 0. The minimum atomic E-state index is -0.0179. The number of fused-ring (bicyclic) bond motifs is 7. The largest absolute Gasteiger partial charge is 0.135 e. The van der Waals surface area contributed by atoms with E-state index in [9.17, 15) is 0 Å². The number of benzene rings is 3. The summed E-state index contributed by atoms with van der Waals surface area (Å²) in [6.45, 7) is 4.63. The van der Waals surface area contributed by atoms with E-state index in [-0.39, 0.29) is 5.41 Å². The molecule has 0 N–H and O–H groups in total. The minimum Gasteiger partial charge on any atom is -0.135 e. The van der Waals surface area contributed by atoms with Crippen molar-refractivity contribution >= 4 is 43.1 Å². The fourth-order valence-corrected chi connectivity index (χ4v) is 5.62. The first-order valence-corrected chi connectivity index (χ1v) is 9.02. The molecule has 1 aliphatic rings. The van der Waals surface area contributed by atoms with Crippen LogP contribution in [0.15, 0.2) is 54.6 Å². The summed E-state index contributed by atoms with van der Waals surface area (Å²) in [6.07, 6.45) is 0. The first-order valence-electron chi connectivity index (χ1n) is 7.82.